The molecule has 2 spiro atoms. The number of carbonyl (C=O) groups excluding carboxylic acids is 2. The molecule has 5 saturated heterocycles. The molecule has 24 heteroatoms. The van der Waals surface area contributed by atoms with Crippen molar-refractivity contribution in [1.29, 1.82) is 0 Å². The third-order valence-corrected chi connectivity index (χ3v) is 23.3. The predicted octanol–water partition coefficient (Wildman–Crippen LogP) is -0.684. The summed E-state index contributed by atoms with van der Waals surface area (Å²) in [7, 11) is 0. The van der Waals surface area contributed by atoms with Gasteiger partial charge in [0.25, 0.3) is 0 Å². The highest BCUT2D eigenvalue weighted by atomic mass is 16.8. The highest BCUT2D eigenvalue weighted by Crippen LogP contribution is 2.89. The summed E-state index contributed by atoms with van der Waals surface area (Å²) in [4.78, 5) is 25.5. The topological polar surface area (TPSA) is 372 Å². The van der Waals surface area contributed by atoms with Crippen LogP contribution in [0.4, 0.5) is 0 Å². The summed E-state index contributed by atoms with van der Waals surface area (Å²) < 4.78 is 55.1. The molecule has 0 unspecified atom stereocenters. The van der Waals surface area contributed by atoms with Crippen LogP contribution in [0.2, 0.25) is 0 Å². The van der Waals surface area contributed by atoms with Crippen molar-refractivity contribution in [2.45, 2.75) is 261 Å². The molecule has 84 heavy (non-hydrogen) atoms. The zero-order chi connectivity index (χ0) is 61.1. The maximum Gasteiger partial charge on any atom is 0.329 e. The molecule has 0 bridgehead atoms. The average molecular weight is 1200 g/mol. The molecule has 5 aliphatic carbocycles. The van der Waals surface area contributed by atoms with Gasteiger partial charge < -0.3 is 109 Å². The fourth-order valence-electron chi connectivity index (χ4n) is 18.1. The Bertz CT molecular complexity index is 2420. The molecule has 32 atom stereocenters. The fraction of sp³-hybridized carbons (Fsp3) is 0.900. The largest absolute Gasteiger partial charge is 0.461 e. The normalized spacial score (nSPS) is 53.1. The Balaban J connectivity index is 0.881. The lowest BCUT2D eigenvalue weighted by atomic mass is 9.41. The zero-order valence-electron chi connectivity index (χ0n) is 49.7. The Morgan fingerprint density at radius 1 is 0.619 bits per heavy atom. The Labute approximate surface area is 490 Å². The molecule has 13 N–H and O–H groups in total. The standard InChI is InChI=1S/C60H95NO23/c1-25(11-10-12-26(2)50(74)61-37-27(3)28(4)76-51(37)75)31-15-17-57(9)35-14-13-34-56(7,8)36(16-18-58(34)23-59(35,58)19-20-60(31,57)24-64)81-54-49(46(73)47(33(22-63)80-54)82-52-44(71)41(68)38(65)29(5)77-52)84-55-48(43(70)40(67)32(21-62)79-55)83-53-45(72)42(69)39(66)30(6)78-53/h10-12,25,27-49,52-55,62-73H,13-24H2,1-9H3,(H,61,74)/b11-10+,26-12+/t25-,27+,28-,29+,30+,31-,32-,33-,34+,35+,36+,37+,38+,39+,40-,41-,42-,43+,44-,45-,46+,47-,48-,49-,52+,53+,54+,55+,57+,58-,59+,60+/m1/s1. The molecule has 24 nitrogen and oxygen atoms in total. The second-order valence-corrected chi connectivity index (χ2v) is 27.7. The van der Waals surface area contributed by atoms with Crippen molar-refractivity contribution in [3.05, 3.63) is 23.8 Å². The van der Waals surface area contributed by atoms with Crippen LogP contribution in [-0.2, 0) is 52.2 Å². The van der Waals surface area contributed by atoms with Crippen LogP contribution in [0.25, 0.3) is 0 Å². The van der Waals surface area contributed by atoms with Crippen LogP contribution >= 0.6 is 0 Å². The van der Waals surface area contributed by atoms with E-state index in [2.05, 4.69) is 39.1 Å². The molecule has 5 heterocycles. The Morgan fingerprint density at radius 3 is 1.77 bits per heavy atom. The van der Waals surface area contributed by atoms with Gasteiger partial charge in [0.2, 0.25) is 5.91 Å². The number of aliphatic hydroxyl groups is 12. The van der Waals surface area contributed by atoms with Gasteiger partial charge in [0, 0.05) is 23.5 Å². The molecular formula is C60H95NO23. The number of hydrogen-bond acceptors (Lipinski definition) is 23. The predicted molar refractivity (Wildman–Crippen MR) is 291 cm³/mol. The number of ether oxygens (including phenoxy) is 9. The zero-order valence-corrected chi connectivity index (χ0v) is 49.7. The minimum atomic E-state index is -1.93. The van der Waals surface area contributed by atoms with Gasteiger partial charge in [-0.15, -0.1) is 0 Å². The second kappa shape index (κ2) is 24.1. The Morgan fingerprint density at radius 2 is 1.18 bits per heavy atom. The number of amides is 1. The minimum Gasteiger partial charge on any atom is -0.461 e. The summed E-state index contributed by atoms with van der Waals surface area (Å²) >= 11 is 0. The van der Waals surface area contributed by atoms with Crippen LogP contribution in [0, 0.1) is 56.7 Å². The van der Waals surface area contributed by atoms with Gasteiger partial charge in [-0.25, -0.2) is 4.79 Å². The summed E-state index contributed by atoms with van der Waals surface area (Å²) in [5.74, 6) is -0.0890. The maximum absolute atomic E-state index is 13.1. The van der Waals surface area contributed by atoms with E-state index >= 15 is 0 Å². The van der Waals surface area contributed by atoms with E-state index < -0.39 is 160 Å². The molecule has 478 valence electrons. The lowest BCUT2D eigenvalue weighted by Crippen LogP contribution is -2.68. The highest BCUT2D eigenvalue weighted by Gasteiger charge is 2.83. The molecule has 10 rings (SSSR count). The van der Waals surface area contributed by atoms with Crippen LogP contribution < -0.4 is 5.32 Å². The molecule has 0 radical (unpaired) electrons. The highest BCUT2D eigenvalue weighted by molar-refractivity contribution is 5.96. The number of carbonyl (C=O) groups is 2. The summed E-state index contributed by atoms with van der Waals surface area (Å²) in [5, 5.41) is 135. The van der Waals surface area contributed by atoms with Crippen molar-refractivity contribution in [3.8, 4) is 0 Å². The Kier molecular flexibility index (Phi) is 18.5. The van der Waals surface area contributed by atoms with E-state index in [1.54, 1.807) is 13.0 Å². The lowest BCUT2D eigenvalue weighted by molar-refractivity contribution is -0.406. The first-order chi connectivity index (χ1) is 39.6. The lowest BCUT2D eigenvalue weighted by Gasteiger charge is -2.64. The fourth-order valence-corrected chi connectivity index (χ4v) is 18.1. The summed E-state index contributed by atoms with van der Waals surface area (Å²) in [5.41, 5.74) is -0.555. The molecule has 0 aromatic carbocycles. The smallest absolute Gasteiger partial charge is 0.329 e. The van der Waals surface area contributed by atoms with Gasteiger partial charge in [0.05, 0.1) is 31.5 Å². The van der Waals surface area contributed by atoms with Gasteiger partial charge in [0.15, 0.2) is 25.2 Å². The van der Waals surface area contributed by atoms with Crippen molar-refractivity contribution in [1.82, 2.24) is 5.32 Å². The van der Waals surface area contributed by atoms with Crippen LogP contribution in [-0.4, -0.2) is 234 Å². The first-order valence-electron chi connectivity index (χ1n) is 30.6. The molecule has 5 saturated carbocycles. The van der Waals surface area contributed by atoms with Gasteiger partial charge >= 0.3 is 5.97 Å². The van der Waals surface area contributed by atoms with Gasteiger partial charge in [-0.3, -0.25) is 4.79 Å². The van der Waals surface area contributed by atoms with Crippen molar-refractivity contribution in [2.75, 3.05) is 19.8 Å². The monoisotopic (exact) mass is 1200 g/mol. The van der Waals surface area contributed by atoms with E-state index in [9.17, 15) is 70.9 Å². The van der Waals surface area contributed by atoms with Crippen molar-refractivity contribution in [2.24, 2.45) is 56.7 Å². The van der Waals surface area contributed by atoms with E-state index in [-0.39, 0.29) is 63.9 Å². The number of cyclic esters (lactones) is 1. The van der Waals surface area contributed by atoms with Gasteiger partial charge in [-0.2, -0.15) is 0 Å². The number of aliphatic hydroxyl groups excluding tert-OH is 12. The number of rotatable bonds is 16. The van der Waals surface area contributed by atoms with Crippen molar-refractivity contribution >= 4 is 11.9 Å². The first-order valence-corrected chi connectivity index (χ1v) is 30.6. The number of hydrogen-bond donors (Lipinski definition) is 13. The number of fused-ring (bicyclic) bond motifs is 2. The van der Waals surface area contributed by atoms with Gasteiger partial charge in [-0.05, 0) is 131 Å². The molecule has 0 aromatic rings. The molecular weight excluding hydrogens is 1100 g/mol. The summed E-state index contributed by atoms with van der Waals surface area (Å²) in [6, 6.07) is -0.698. The van der Waals surface area contributed by atoms with Gasteiger partial charge in [0.1, 0.15) is 97.6 Å². The molecule has 10 aliphatic rings. The van der Waals surface area contributed by atoms with Crippen molar-refractivity contribution in [3.63, 3.8) is 0 Å². The number of nitrogens with one attached hydrogen (secondary N) is 1. The third kappa shape index (κ3) is 10.5. The maximum atomic E-state index is 13.1. The van der Waals surface area contributed by atoms with Crippen molar-refractivity contribution < 1.29 is 113 Å². The molecule has 10 fully saturated rings. The molecule has 1 amide bonds. The first kappa shape index (κ1) is 64.6. The molecule has 0 aromatic heterocycles. The third-order valence-electron chi connectivity index (χ3n) is 23.3. The second-order valence-electron chi connectivity index (χ2n) is 27.7. The number of esters is 1. The van der Waals surface area contributed by atoms with E-state index in [0.29, 0.717) is 17.9 Å². The van der Waals surface area contributed by atoms with Crippen LogP contribution in [0.15, 0.2) is 23.8 Å². The van der Waals surface area contributed by atoms with E-state index in [1.807, 2.05) is 19.9 Å². The summed E-state index contributed by atoms with van der Waals surface area (Å²) in [6.07, 6.45) is -19.8. The molecule has 5 aliphatic heterocycles. The van der Waals surface area contributed by atoms with E-state index in [0.717, 1.165) is 51.4 Å². The average Bonchev–Trinajstić information content (AvgIpc) is 1.46. The number of allylic oxidation sites excluding steroid dienone is 3. The summed E-state index contributed by atoms with van der Waals surface area (Å²) in [6.45, 7) is 15.7. The van der Waals surface area contributed by atoms with Crippen LogP contribution in [0.1, 0.15) is 120 Å². The van der Waals surface area contributed by atoms with Crippen LogP contribution in [0.3, 0.4) is 0 Å². The van der Waals surface area contributed by atoms with E-state index in [4.69, 9.17) is 42.6 Å². The van der Waals surface area contributed by atoms with E-state index in [1.165, 1.54) is 13.8 Å². The minimum absolute atomic E-state index is 0.0277. The van der Waals surface area contributed by atoms with Gasteiger partial charge in [-0.1, -0.05) is 52.8 Å². The van der Waals surface area contributed by atoms with Crippen LogP contribution in [0.5, 0.6) is 0 Å². The SMILES string of the molecule is C/C(=C\C=C\[C@@H](C)[C@H]1CC[C@@]2(C)[C@@H]3CC[C@H]4C(C)(C)[C@@H](O[C@@H]5O[C@H](CO)[C@@H](O[C@@H]6O[C@@H](C)[C@H](O)[C@@H](O)[C@H]6O)[C@H](O)[C@H]5O[C@@H]5O[C@H](CO)[C@@H](O)[C@H](O)[C@H]5O[C@@H]5O[C@@H](C)[C@H](O)[C@@H](O)[C@H]5O)CC[C@@]45C[C@@]35CC[C@]12CO)C(=O)N[C@@H]1C(=O)O[C@H](C)[C@@H]1C. The quantitative estimate of drug-likeness (QED) is 0.0394. The Hall–Kier alpha value is -2.38.